The van der Waals surface area contributed by atoms with Gasteiger partial charge in [-0.25, -0.2) is 9.97 Å². The molecule has 2 amide bonds. The molecule has 5 N–H and O–H groups in total. The Morgan fingerprint density at radius 2 is 1.32 bits per heavy atom. The third-order valence-electron chi connectivity index (χ3n) is 14.3. The number of hydrogen-bond acceptors (Lipinski definition) is 11. The highest BCUT2D eigenvalue weighted by Crippen LogP contribution is 2.39. The van der Waals surface area contributed by atoms with Crippen molar-refractivity contribution in [2.75, 3.05) is 49.9 Å². The second-order valence-corrected chi connectivity index (χ2v) is 18.6. The number of carbonyl (C=O) groups excluding carboxylic acids is 3. The monoisotopic (exact) mass is 814 g/mol. The molecule has 14 heteroatoms. The number of carboxylic acids is 1. The van der Waals surface area contributed by atoms with Crippen LogP contribution in [0.15, 0.2) is 24.3 Å². The van der Waals surface area contributed by atoms with E-state index >= 15 is 0 Å². The van der Waals surface area contributed by atoms with E-state index in [0.29, 0.717) is 89.3 Å². The zero-order chi connectivity index (χ0) is 41.1. The number of carbonyl (C=O) groups is 4. The summed E-state index contributed by atoms with van der Waals surface area (Å²) in [6, 6.07) is 8.46. The summed E-state index contributed by atoms with van der Waals surface area (Å²) in [6.07, 6.45) is 10.1. The van der Waals surface area contributed by atoms with Crippen LogP contribution in [0.4, 0.5) is 11.6 Å². The van der Waals surface area contributed by atoms with E-state index in [-0.39, 0.29) is 42.6 Å². The van der Waals surface area contributed by atoms with Gasteiger partial charge in [0.15, 0.2) is 0 Å². The van der Waals surface area contributed by atoms with E-state index in [9.17, 15) is 29.4 Å². The van der Waals surface area contributed by atoms with Crippen LogP contribution < -0.4 is 10.6 Å². The Morgan fingerprint density at radius 1 is 0.729 bits per heavy atom. The van der Waals surface area contributed by atoms with Crippen molar-refractivity contribution in [2.45, 2.75) is 139 Å². The number of anilines is 2. The van der Waals surface area contributed by atoms with E-state index in [2.05, 4.69) is 28.8 Å². The Bertz CT molecular complexity index is 1860. The van der Waals surface area contributed by atoms with Crippen LogP contribution in [-0.2, 0) is 43.2 Å². The molecule has 4 aliphatic heterocycles. The molecule has 0 radical (unpaired) electrons. The molecule has 2 aromatic rings. The van der Waals surface area contributed by atoms with Gasteiger partial charge in [0.2, 0.25) is 11.8 Å². The third-order valence-corrected chi connectivity index (χ3v) is 14.3. The zero-order valence-electron chi connectivity index (χ0n) is 34.3. The molecule has 2 aliphatic carbocycles. The molecule has 2 aromatic heterocycles. The number of aliphatic carboxylic acids is 1. The van der Waals surface area contributed by atoms with Gasteiger partial charge in [-0.3, -0.25) is 19.2 Å². The number of aryl methyl sites for hydroxylation is 1. The molecule has 0 bridgehead atoms. The van der Waals surface area contributed by atoms with Gasteiger partial charge in [0, 0.05) is 68.3 Å². The van der Waals surface area contributed by atoms with Gasteiger partial charge < -0.3 is 40.5 Å². The second-order valence-electron chi connectivity index (χ2n) is 18.6. The van der Waals surface area contributed by atoms with Crippen molar-refractivity contribution < 1.29 is 39.2 Å². The van der Waals surface area contributed by atoms with E-state index in [0.717, 1.165) is 93.2 Å². The van der Waals surface area contributed by atoms with E-state index < -0.39 is 23.1 Å². The summed E-state index contributed by atoms with van der Waals surface area (Å²) >= 11 is 0. The average molecular weight is 815 g/mol. The summed E-state index contributed by atoms with van der Waals surface area (Å²) in [5, 5.41) is 37.8. The number of pyridine rings is 2. The van der Waals surface area contributed by atoms with E-state index in [1.54, 1.807) is 0 Å². The average Bonchev–Trinajstić information content (AvgIpc) is 3.23. The fourth-order valence-electron chi connectivity index (χ4n) is 10.6. The molecule has 6 heterocycles. The van der Waals surface area contributed by atoms with Crippen molar-refractivity contribution in [3.63, 3.8) is 0 Å². The molecule has 8 rings (SSSR count). The normalized spacial score (nSPS) is 29.0. The minimum absolute atomic E-state index is 0.0797. The molecule has 14 nitrogen and oxygen atoms in total. The van der Waals surface area contributed by atoms with Crippen molar-refractivity contribution >= 4 is 35.4 Å². The summed E-state index contributed by atoms with van der Waals surface area (Å²) in [5.41, 5.74) is 2.01. The number of esters is 1. The highest BCUT2D eigenvalue weighted by atomic mass is 16.5. The SMILES string of the molecule is O=C(O)CC1(O)CCC(C(=O)N2CCC(Cc3ccc4c(n3)NCC(OC(=O)CC3(O)CCC(C(=O)N5CCC(c6ccc7c(n6)NCCC7)CC5)CC3)C4)CC2)CC1. The Morgan fingerprint density at radius 3 is 1.97 bits per heavy atom. The Hall–Kier alpha value is -4.30. The molecule has 0 aromatic carbocycles. The van der Waals surface area contributed by atoms with Crippen molar-refractivity contribution in [3.8, 4) is 0 Å². The number of rotatable bonds is 10. The van der Waals surface area contributed by atoms with Crippen LogP contribution in [0.1, 0.15) is 125 Å². The molecule has 2 saturated carbocycles. The number of carboxylic acid groups (broad SMARTS) is 1. The lowest BCUT2D eigenvalue weighted by Crippen LogP contribution is -2.45. The predicted octanol–water partition coefficient (Wildman–Crippen LogP) is 4.61. The molecule has 320 valence electrons. The summed E-state index contributed by atoms with van der Waals surface area (Å²) in [5.74, 6) is 1.17. The number of nitrogens with zero attached hydrogens (tertiary/aromatic N) is 4. The van der Waals surface area contributed by atoms with E-state index in [1.165, 1.54) is 5.56 Å². The highest BCUT2D eigenvalue weighted by molar-refractivity contribution is 5.80. The van der Waals surface area contributed by atoms with Gasteiger partial charge in [-0.15, -0.1) is 0 Å². The van der Waals surface area contributed by atoms with E-state index in [1.807, 2.05) is 15.9 Å². The molecule has 1 unspecified atom stereocenters. The maximum absolute atomic E-state index is 13.5. The van der Waals surface area contributed by atoms with Crippen LogP contribution in [-0.4, -0.2) is 115 Å². The maximum atomic E-state index is 13.5. The minimum Gasteiger partial charge on any atom is -0.481 e. The van der Waals surface area contributed by atoms with Crippen LogP contribution in [0.5, 0.6) is 0 Å². The Kier molecular flexibility index (Phi) is 12.5. The van der Waals surface area contributed by atoms with Crippen molar-refractivity contribution in [1.29, 1.82) is 0 Å². The number of piperidine rings is 2. The number of fused-ring (bicyclic) bond motifs is 2. The van der Waals surface area contributed by atoms with Crippen molar-refractivity contribution in [1.82, 2.24) is 19.8 Å². The lowest BCUT2D eigenvalue weighted by molar-refractivity contribution is -0.156. The second kappa shape index (κ2) is 17.7. The number of hydrogen-bond donors (Lipinski definition) is 5. The molecule has 2 saturated heterocycles. The molecule has 4 fully saturated rings. The van der Waals surface area contributed by atoms with Gasteiger partial charge in [-0.1, -0.05) is 12.1 Å². The van der Waals surface area contributed by atoms with Crippen LogP contribution in [0.25, 0.3) is 0 Å². The number of amides is 2. The van der Waals surface area contributed by atoms with Gasteiger partial charge in [-0.05, 0) is 125 Å². The first-order chi connectivity index (χ1) is 28.4. The van der Waals surface area contributed by atoms with Crippen molar-refractivity contribution in [3.05, 3.63) is 46.8 Å². The number of ether oxygens (including phenoxy) is 1. The standard InChI is InChI=1S/C45H62N6O8/c52-38(53)26-44(57)15-7-32(8-16-44)42(55)50-20-11-29(12-21-50)24-35-5-3-34-25-36(28-47-41(34)48-35)59-39(54)27-45(58)17-9-33(10-18-45)43(56)51-22-13-30(14-23-51)37-6-4-31-2-1-19-46-40(31)49-37/h3-6,29-30,32-33,36,57-58H,1-2,7-28H2,(H,46,49)(H,47,48)(H,52,53). The number of likely N-dealkylation sites (tertiary alicyclic amines) is 2. The molecular weight excluding hydrogens is 753 g/mol. The molecule has 1 atom stereocenters. The topological polar surface area (TPSA) is 195 Å². The number of nitrogens with one attached hydrogen (secondary N) is 2. The van der Waals surface area contributed by atoms with Gasteiger partial charge in [0.25, 0.3) is 0 Å². The van der Waals surface area contributed by atoms with Crippen LogP contribution in [0.3, 0.4) is 0 Å². The lowest BCUT2D eigenvalue weighted by Gasteiger charge is -2.39. The maximum Gasteiger partial charge on any atom is 0.309 e. The zero-order valence-corrected chi connectivity index (χ0v) is 34.3. The van der Waals surface area contributed by atoms with Gasteiger partial charge in [0.05, 0.1) is 30.6 Å². The summed E-state index contributed by atoms with van der Waals surface area (Å²) in [7, 11) is 0. The lowest BCUT2D eigenvalue weighted by atomic mass is 9.76. The third kappa shape index (κ3) is 10.0. The Balaban J connectivity index is 0.730. The molecule has 59 heavy (non-hydrogen) atoms. The van der Waals surface area contributed by atoms with Crippen LogP contribution in [0.2, 0.25) is 0 Å². The summed E-state index contributed by atoms with van der Waals surface area (Å²) in [6.45, 7) is 4.23. The van der Waals surface area contributed by atoms with Gasteiger partial charge >= 0.3 is 11.9 Å². The van der Waals surface area contributed by atoms with Crippen LogP contribution in [0, 0.1) is 17.8 Å². The number of aromatic nitrogens is 2. The van der Waals surface area contributed by atoms with Gasteiger partial charge in [-0.2, -0.15) is 0 Å². The van der Waals surface area contributed by atoms with E-state index in [4.69, 9.17) is 19.8 Å². The first-order valence-electron chi connectivity index (χ1n) is 22.3. The summed E-state index contributed by atoms with van der Waals surface area (Å²) < 4.78 is 5.87. The number of aliphatic hydroxyl groups is 2. The van der Waals surface area contributed by atoms with Gasteiger partial charge in [0.1, 0.15) is 17.7 Å². The molecule has 6 aliphatic rings. The first kappa shape index (κ1) is 41.4. The quantitative estimate of drug-likeness (QED) is 0.210. The first-order valence-corrected chi connectivity index (χ1v) is 22.3. The Labute approximate surface area is 346 Å². The fourth-order valence-corrected chi connectivity index (χ4v) is 10.6. The van der Waals surface area contributed by atoms with Crippen molar-refractivity contribution in [2.24, 2.45) is 17.8 Å². The molecule has 0 spiro atoms. The predicted molar refractivity (Wildman–Crippen MR) is 220 cm³/mol. The molecular formula is C45H62N6O8. The summed E-state index contributed by atoms with van der Waals surface area (Å²) in [4.78, 5) is 64.7. The minimum atomic E-state index is -1.20. The largest absolute Gasteiger partial charge is 0.481 e. The van der Waals surface area contributed by atoms with Crippen LogP contribution >= 0.6 is 0 Å². The smallest absolute Gasteiger partial charge is 0.309 e. The highest BCUT2D eigenvalue weighted by Gasteiger charge is 2.41. The fraction of sp³-hybridized carbons (Fsp3) is 0.689.